The van der Waals surface area contributed by atoms with Crippen molar-refractivity contribution < 1.29 is 14.7 Å². The molecule has 2 aromatic carbocycles. The summed E-state index contributed by atoms with van der Waals surface area (Å²) in [4.78, 5) is 26.6. The molecular weight excluding hydrogens is 334 g/mol. The molecule has 0 bridgehead atoms. The zero-order chi connectivity index (χ0) is 17.4. The number of nitrogens with zero attached hydrogens (tertiary/aromatic N) is 1. The van der Waals surface area contributed by atoms with Crippen molar-refractivity contribution in [1.29, 1.82) is 0 Å². The van der Waals surface area contributed by atoms with E-state index >= 15 is 0 Å². The van der Waals surface area contributed by atoms with Crippen LogP contribution in [0, 0.1) is 0 Å². The maximum Gasteiger partial charge on any atom is 0.326 e. The van der Waals surface area contributed by atoms with E-state index in [2.05, 4.69) is 6.07 Å². The molecule has 2 aliphatic heterocycles. The molecule has 0 fully saturated rings. The van der Waals surface area contributed by atoms with Gasteiger partial charge in [0.15, 0.2) is 0 Å². The lowest BCUT2D eigenvalue weighted by atomic mass is 9.92. The van der Waals surface area contributed by atoms with E-state index in [1.54, 1.807) is 16.7 Å². The first-order valence-electron chi connectivity index (χ1n) is 8.44. The number of carboxylic acids is 1. The van der Waals surface area contributed by atoms with E-state index in [1.165, 1.54) is 5.56 Å². The number of rotatable bonds is 2. The average molecular weight is 353 g/mol. The summed E-state index contributed by atoms with van der Waals surface area (Å²) in [6, 6.07) is 15.0. The highest BCUT2D eigenvalue weighted by Gasteiger charge is 2.39. The summed E-state index contributed by atoms with van der Waals surface area (Å²) in [6.45, 7) is 0.366. The third-order valence-corrected chi connectivity index (χ3v) is 6.26. The maximum atomic E-state index is 13.3. The molecule has 0 saturated carbocycles. The van der Waals surface area contributed by atoms with Gasteiger partial charge in [-0.2, -0.15) is 0 Å². The minimum Gasteiger partial charge on any atom is -0.480 e. The molecule has 0 aromatic heterocycles. The summed E-state index contributed by atoms with van der Waals surface area (Å²) in [5.41, 5.74) is 4.30. The molecular formula is C20H19NO3S. The number of carboxylic acid groups (broad SMARTS) is 1. The fourth-order valence-corrected chi connectivity index (χ4v) is 4.99. The van der Waals surface area contributed by atoms with E-state index in [0.29, 0.717) is 13.0 Å². The first kappa shape index (κ1) is 16.2. The van der Waals surface area contributed by atoms with E-state index in [4.69, 9.17) is 0 Å². The van der Waals surface area contributed by atoms with E-state index < -0.39 is 12.0 Å². The predicted molar refractivity (Wildman–Crippen MR) is 97.5 cm³/mol. The highest BCUT2D eigenvalue weighted by molar-refractivity contribution is 8.00. The van der Waals surface area contributed by atoms with Crippen molar-refractivity contribution in [2.75, 3.05) is 5.75 Å². The number of benzene rings is 2. The van der Waals surface area contributed by atoms with Crippen molar-refractivity contribution in [1.82, 2.24) is 4.90 Å². The first-order valence-corrected chi connectivity index (χ1v) is 9.49. The van der Waals surface area contributed by atoms with Crippen molar-refractivity contribution in [3.8, 4) is 0 Å². The molecule has 128 valence electrons. The number of amides is 1. The van der Waals surface area contributed by atoms with Gasteiger partial charge in [0, 0.05) is 13.0 Å². The lowest BCUT2D eigenvalue weighted by molar-refractivity contribution is -0.151. The predicted octanol–water partition coefficient (Wildman–Crippen LogP) is 3.06. The molecule has 2 atom stereocenters. The molecule has 5 heteroatoms. The van der Waals surface area contributed by atoms with Gasteiger partial charge in [0.2, 0.25) is 5.91 Å². The molecule has 4 nitrogen and oxygen atoms in total. The number of hydrogen-bond acceptors (Lipinski definition) is 3. The van der Waals surface area contributed by atoms with Crippen LogP contribution in [0.3, 0.4) is 0 Å². The average Bonchev–Trinajstić information content (AvgIpc) is 2.66. The van der Waals surface area contributed by atoms with E-state index in [0.717, 1.165) is 28.9 Å². The van der Waals surface area contributed by atoms with Gasteiger partial charge in [-0.1, -0.05) is 48.5 Å². The third kappa shape index (κ3) is 2.93. The van der Waals surface area contributed by atoms with E-state index in [1.807, 2.05) is 42.5 Å². The zero-order valence-electron chi connectivity index (χ0n) is 13.7. The number of carbonyl (C=O) groups excluding carboxylic acids is 1. The van der Waals surface area contributed by atoms with E-state index in [-0.39, 0.29) is 11.2 Å². The van der Waals surface area contributed by atoms with Crippen molar-refractivity contribution in [3.63, 3.8) is 0 Å². The SMILES string of the molecule is O=C(O)C1Cc2ccccc2CN1C(=O)C1SCCc2ccccc21. The van der Waals surface area contributed by atoms with Crippen molar-refractivity contribution in [2.45, 2.75) is 30.7 Å². The summed E-state index contributed by atoms with van der Waals surface area (Å²) in [7, 11) is 0. The number of fused-ring (bicyclic) bond motifs is 2. The standard InChI is InChI=1S/C20H19NO3S/c22-19(18-16-8-4-3-5-13(16)9-10-25-18)21-12-15-7-2-1-6-14(15)11-17(21)20(23)24/h1-8,17-18H,9-12H2,(H,23,24). The van der Waals surface area contributed by atoms with Gasteiger partial charge in [-0.25, -0.2) is 4.79 Å². The van der Waals surface area contributed by atoms with Gasteiger partial charge < -0.3 is 10.0 Å². The topological polar surface area (TPSA) is 57.6 Å². The molecule has 0 aliphatic carbocycles. The number of hydrogen-bond donors (Lipinski definition) is 1. The largest absolute Gasteiger partial charge is 0.480 e. The second-order valence-electron chi connectivity index (χ2n) is 6.49. The monoisotopic (exact) mass is 353 g/mol. The van der Waals surface area contributed by atoms with Crippen LogP contribution in [0.2, 0.25) is 0 Å². The van der Waals surface area contributed by atoms with Gasteiger partial charge in [0.05, 0.1) is 0 Å². The van der Waals surface area contributed by atoms with Crippen molar-refractivity contribution in [2.24, 2.45) is 0 Å². The molecule has 2 unspecified atom stereocenters. The fraction of sp³-hybridized carbons (Fsp3) is 0.300. The summed E-state index contributed by atoms with van der Waals surface area (Å²) in [5.74, 6) is -0.133. The van der Waals surface area contributed by atoms with Gasteiger partial charge in [-0.15, -0.1) is 11.8 Å². The number of carbonyl (C=O) groups is 2. The maximum absolute atomic E-state index is 13.3. The van der Waals surface area contributed by atoms with Crippen LogP contribution in [0.1, 0.15) is 27.5 Å². The molecule has 1 N–H and O–H groups in total. The third-order valence-electron chi connectivity index (χ3n) is 5.03. The summed E-state index contributed by atoms with van der Waals surface area (Å²) in [6.07, 6.45) is 1.33. The minimum atomic E-state index is -0.933. The van der Waals surface area contributed by atoms with Crippen LogP contribution in [0.15, 0.2) is 48.5 Å². The quantitative estimate of drug-likeness (QED) is 0.902. The molecule has 2 aliphatic rings. The number of aliphatic carboxylic acids is 1. The Morgan fingerprint density at radius 2 is 1.68 bits per heavy atom. The van der Waals surface area contributed by atoms with Crippen LogP contribution in [0.4, 0.5) is 0 Å². The second-order valence-corrected chi connectivity index (χ2v) is 7.71. The van der Waals surface area contributed by atoms with Crippen LogP contribution >= 0.6 is 11.8 Å². The number of thioether (sulfide) groups is 1. The Morgan fingerprint density at radius 1 is 1.00 bits per heavy atom. The van der Waals surface area contributed by atoms with Crippen molar-refractivity contribution in [3.05, 3.63) is 70.8 Å². The highest BCUT2D eigenvalue weighted by atomic mass is 32.2. The molecule has 0 radical (unpaired) electrons. The van der Waals surface area contributed by atoms with Gasteiger partial charge in [-0.3, -0.25) is 4.79 Å². The molecule has 2 aromatic rings. The Balaban J connectivity index is 1.68. The smallest absolute Gasteiger partial charge is 0.326 e. The Labute approximate surface area is 150 Å². The summed E-state index contributed by atoms with van der Waals surface area (Å²) < 4.78 is 0. The Kier molecular flexibility index (Phi) is 4.25. The highest BCUT2D eigenvalue weighted by Crippen LogP contribution is 2.39. The van der Waals surface area contributed by atoms with Gasteiger partial charge in [-0.05, 0) is 34.4 Å². The van der Waals surface area contributed by atoms with E-state index in [9.17, 15) is 14.7 Å². The lowest BCUT2D eigenvalue weighted by Crippen LogP contribution is -2.50. The molecule has 0 saturated heterocycles. The molecule has 4 rings (SSSR count). The normalized spacial score (nSPS) is 22.0. The lowest BCUT2D eigenvalue weighted by Gasteiger charge is -2.37. The molecule has 25 heavy (non-hydrogen) atoms. The Hall–Kier alpha value is -2.27. The summed E-state index contributed by atoms with van der Waals surface area (Å²) >= 11 is 1.62. The molecule has 2 heterocycles. The van der Waals surface area contributed by atoms with Crippen LogP contribution in [0.5, 0.6) is 0 Å². The zero-order valence-corrected chi connectivity index (χ0v) is 14.5. The first-order chi connectivity index (χ1) is 12.1. The molecule has 0 spiro atoms. The van der Waals surface area contributed by atoms with Crippen LogP contribution < -0.4 is 0 Å². The van der Waals surface area contributed by atoms with Gasteiger partial charge in [0.25, 0.3) is 0 Å². The number of aryl methyl sites for hydroxylation is 1. The van der Waals surface area contributed by atoms with Crippen LogP contribution in [-0.4, -0.2) is 33.7 Å². The van der Waals surface area contributed by atoms with Gasteiger partial charge in [0.1, 0.15) is 11.3 Å². The molecule has 1 amide bonds. The Bertz CT molecular complexity index is 835. The summed E-state index contributed by atoms with van der Waals surface area (Å²) in [5, 5.41) is 9.37. The minimum absolute atomic E-state index is 0.0842. The second kappa shape index (κ2) is 6.56. The van der Waals surface area contributed by atoms with Crippen LogP contribution in [0.25, 0.3) is 0 Å². The van der Waals surface area contributed by atoms with Gasteiger partial charge >= 0.3 is 5.97 Å². The fourth-order valence-electron chi connectivity index (χ4n) is 3.72. The van der Waals surface area contributed by atoms with Crippen molar-refractivity contribution >= 4 is 23.6 Å². The van der Waals surface area contributed by atoms with Crippen LogP contribution in [-0.2, 0) is 29.0 Å². The Morgan fingerprint density at radius 3 is 2.44 bits per heavy atom.